The summed E-state index contributed by atoms with van der Waals surface area (Å²) in [6.07, 6.45) is 18.3. The molecule has 0 fully saturated rings. The first-order valence-corrected chi connectivity index (χ1v) is 19.7. The number of thioether (sulfide) groups is 8. The lowest BCUT2D eigenvalue weighted by atomic mass is 10.1. The highest BCUT2D eigenvalue weighted by Crippen LogP contribution is 2.65. The molecule has 190 valence electrons. The Bertz CT molecular complexity index is 1060. The van der Waals surface area contributed by atoms with Gasteiger partial charge in [0.25, 0.3) is 0 Å². The monoisotopic (exact) mass is 626 g/mol. The van der Waals surface area contributed by atoms with Crippen LogP contribution >= 0.6 is 94.1 Å². The molecule has 7 heterocycles. The average molecular weight is 627 g/mol. The van der Waals surface area contributed by atoms with Gasteiger partial charge in [-0.1, -0.05) is 47.0 Å². The van der Waals surface area contributed by atoms with E-state index in [1.165, 1.54) is 73.7 Å². The molecule has 0 saturated heterocycles. The minimum absolute atomic E-state index is 1.08. The Kier molecular flexibility index (Phi) is 10.9. The lowest BCUT2D eigenvalue weighted by Crippen LogP contribution is -2.33. The number of hydrogen-bond donors (Lipinski definition) is 0. The molecule has 7 rings (SSSR count). The van der Waals surface area contributed by atoms with E-state index in [9.17, 15) is 0 Å². The van der Waals surface area contributed by atoms with Crippen molar-refractivity contribution in [3.05, 3.63) is 74.5 Å². The van der Waals surface area contributed by atoms with E-state index in [0.29, 0.717) is 0 Å². The Hall–Kier alpha value is 0.320. The Balaban J connectivity index is 1.30. The zero-order chi connectivity index (χ0) is 24.7. The van der Waals surface area contributed by atoms with Gasteiger partial charge in [-0.2, -0.15) is 0 Å². The van der Waals surface area contributed by atoms with Crippen molar-refractivity contribution in [3.8, 4) is 11.1 Å². The van der Waals surface area contributed by atoms with Crippen molar-refractivity contribution >= 4 is 94.1 Å². The van der Waals surface area contributed by atoms with Crippen LogP contribution < -0.4 is 9.13 Å². The molecule has 0 amide bonds. The van der Waals surface area contributed by atoms with E-state index in [1.807, 2.05) is 70.6 Å². The van der Waals surface area contributed by atoms with Crippen LogP contribution in [0.1, 0.15) is 25.7 Å². The maximum atomic E-state index is 2.32. The van der Waals surface area contributed by atoms with Crippen LogP contribution in [0, 0.1) is 0 Å². The van der Waals surface area contributed by atoms with Crippen LogP contribution in [0.2, 0.25) is 0 Å². The van der Waals surface area contributed by atoms with Crippen LogP contribution in [0.15, 0.2) is 74.5 Å². The fraction of sp³-hybridized carbons (Fsp3) is 0.385. The first kappa shape index (κ1) is 27.9. The minimum Gasteiger partial charge on any atom is -0.205 e. The van der Waals surface area contributed by atoms with Crippen molar-refractivity contribution in [1.29, 1.82) is 0 Å². The van der Waals surface area contributed by atoms with Gasteiger partial charge in [-0.25, -0.2) is 9.13 Å². The second-order valence-corrected chi connectivity index (χ2v) is 17.8. The summed E-state index contributed by atoms with van der Waals surface area (Å²) in [4.78, 5) is 0. The molecule has 0 radical (unpaired) electrons. The Morgan fingerprint density at radius 3 is 1.36 bits per heavy atom. The van der Waals surface area contributed by atoms with Gasteiger partial charge in [-0.3, -0.25) is 0 Å². The molecule has 0 N–H and O–H groups in total. The number of rotatable bonds is 2. The highest BCUT2D eigenvalue weighted by Gasteiger charge is 2.30. The standard InChI is InChI=1S/C26H30N2S8/c1-29-21-23-31-17-5-3-11-27-13-7-19(8-14-27)20-9-15-28(16-10-20)12-4-6-18-32-24-22(30-2)34-26(36-24)25(33-21)35-23/h7-10,13-16H,3-6,11-12,17-18H2,1-2H3/q+2/b26-25-. The summed E-state index contributed by atoms with van der Waals surface area (Å²) in [5, 5.41) is 0. The van der Waals surface area contributed by atoms with Crippen molar-refractivity contribution in [2.24, 2.45) is 0 Å². The molecule has 5 aliphatic heterocycles. The highest BCUT2D eigenvalue weighted by molar-refractivity contribution is 8.45. The van der Waals surface area contributed by atoms with E-state index in [2.05, 4.69) is 94.2 Å². The van der Waals surface area contributed by atoms with E-state index in [1.54, 1.807) is 0 Å². The molecule has 10 heteroatoms. The lowest BCUT2D eigenvalue weighted by molar-refractivity contribution is -0.697. The van der Waals surface area contributed by atoms with Crippen molar-refractivity contribution < 1.29 is 9.13 Å². The van der Waals surface area contributed by atoms with E-state index in [4.69, 9.17) is 0 Å². The molecule has 0 spiro atoms. The van der Waals surface area contributed by atoms with Gasteiger partial charge in [-0.15, -0.1) is 47.0 Å². The van der Waals surface area contributed by atoms with Gasteiger partial charge in [0.15, 0.2) is 24.8 Å². The quantitative estimate of drug-likeness (QED) is 0.301. The zero-order valence-electron chi connectivity index (χ0n) is 20.4. The van der Waals surface area contributed by atoms with Crippen molar-refractivity contribution in [2.75, 3.05) is 24.0 Å². The third-order valence-corrected chi connectivity index (χ3v) is 17.3. The van der Waals surface area contributed by atoms with Gasteiger partial charge < -0.3 is 0 Å². The first-order valence-electron chi connectivity index (χ1n) is 12.0. The molecule has 8 bridgehead atoms. The predicted molar refractivity (Wildman–Crippen MR) is 174 cm³/mol. The number of aryl methyl sites for hydroxylation is 2. The fourth-order valence-corrected chi connectivity index (χ4v) is 15.1. The number of nitrogens with zero attached hydrogens (tertiary/aromatic N) is 2. The third-order valence-electron chi connectivity index (χ3n) is 5.82. The SMILES string of the molecule is CSC1=C2SCCCC[n+]3ccc(cc3)-c3cc[n+](cc3)CCCCSC3=C(SC)S/C(=C(\S1)S2)S3. The maximum absolute atomic E-state index is 2.32. The summed E-state index contributed by atoms with van der Waals surface area (Å²) in [6, 6.07) is 9.01. The second kappa shape index (κ2) is 14.1. The molecule has 0 aromatic carbocycles. The van der Waals surface area contributed by atoms with Gasteiger partial charge in [0.1, 0.15) is 13.1 Å². The normalized spacial score (nSPS) is 21.9. The van der Waals surface area contributed by atoms with E-state index >= 15 is 0 Å². The van der Waals surface area contributed by atoms with Crippen molar-refractivity contribution in [2.45, 2.75) is 38.8 Å². The minimum atomic E-state index is 1.08. The van der Waals surface area contributed by atoms with Crippen LogP contribution in [0.5, 0.6) is 0 Å². The molecule has 0 aliphatic carbocycles. The van der Waals surface area contributed by atoms with Crippen LogP contribution in [0.3, 0.4) is 0 Å². The van der Waals surface area contributed by atoms with Crippen LogP contribution in [0.4, 0.5) is 0 Å². The predicted octanol–water partition coefficient (Wildman–Crippen LogP) is 9.03. The summed E-state index contributed by atoms with van der Waals surface area (Å²) >= 11 is 16.0. The topological polar surface area (TPSA) is 7.76 Å². The van der Waals surface area contributed by atoms with Crippen molar-refractivity contribution in [1.82, 2.24) is 0 Å². The van der Waals surface area contributed by atoms with E-state index in [0.717, 1.165) is 13.1 Å². The smallest absolute Gasteiger partial charge is 0.169 e. The Morgan fingerprint density at radius 1 is 0.556 bits per heavy atom. The number of hydrogen-bond acceptors (Lipinski definition) is 8. The molecule has 5 aliphatic rings. The largest absolute Gasteiger partial charge is 0.205 e. The number of fused-ring (bicyclic) bond motifs is 2. The van der Waals surface area contributed by atoms with E-state index in [-0.39, 0.29) is 0 Å². The molecule has 2 nitrogen and oxygen atoms in total. The maximum Gasteiger partial charge on any atom is 0.169 e. The molecule has 2 aromatic heterocycles. The highest BCUT2D eigenvalue weighted by atomic mass is 32.3. The summed E-state index contributed by atoms with van der Waals surface area (Å²) in [5.41, 5.74) is 2.58. The Labute approximate surface area is 249 Å². The first-order chi connectivity index (χ1) is 17.7. The molecular weight excluding hydrogens is 597 g/mol. The lowest BCUT2D eigenvalue weighted by Gasteiger charge is -2.05. The van der Waals surface area contributed by atoms with E-state index < -0.39 is 0 Å². The molecule has 0 saturated carbocycles. The second-order valence-electron chi connectivity index (χ2n) is 8.30. The molecule has 0 unspecified atom stereocenters. The molecular formula is C26H30N2S8+2. The van der Waals surface area contributed by atoms with Gasteiger partial charge in [-0.05, 0) is 48.0 Å². The van der Waals surface area contributed by atoms with Crippen molar-refractivity contribution in [3.63, 3.8) is 0 Å². The van der Waals surface area contributed by atoms with Gasteiger partial charge >= 0.3 is 0 Å². The Morgan fingerprint density at radius 2 is 0.972 bits per heavy atom. The average Bonchev–Trinajstić information content (AvgIpc) is 3.52. The summed E-state index contributed by atoms with van der Waals surface area (Å²) in [5.74, 6) is 2.38. The molecule has 36 heavy (non-hydrogen) atoms. The molecule has 0 atom stereocenters. The summed E-state index contributed by atoms with van der Waals surface area (Å²) < 4.78 is 13.6. The fourth-order valence-electron chi connectivity index (χ4n) is 3.86. The third kappa shape index (κ3) is 7.29. The number of aromatic nitrogens is 2. The van der Waals surface area contributed by atoms with Gasteiger partial charge in [0, 0.05) is 37.1 Å². The van der Waals surface area contributed by atoms with Gasteiger partial charge in [0.05, 0.1) is 25.4 Å². The van der Waals surface area contributed by atoms with Crippen LogP contribution in [-0.4, -0.2) is 24.0 Å². The van der Waals surface area contributed by atoms with Crippen LogP contribution in [-0.2, 0) is 13.1 Å². The summed E-state index contributed by atoms with van der Waals surface area (Å²) in [6.45, 7) is 2.16. The summed E-state index contributed by atoms with van der Waals surface area (Å²) in [7, 11) is 0. The van der Waals surface area contributed by atoms with Gasteiger partial charge in [0.2, 0.25) is 0 Å². The zero-order valence-corrected chi connectivity index (χ0v) is 27.0. The molecule has 2 aromatic rings. The van der Waals surface area contributed by atoms with Crippen LogP contribution in [0.25, 0.3) is 11.1 Å². The number of pyridine rings is 2.